The van der Waals surface area contributed by atoms with Crippen LogP contribution >= 0.6 is 22.7 Å². The fourth-order valence-corrected chi connectivity index (χ4v) is 10.3. The summed E-state index contributed by atoms with van der Waals surface area (Å²) >= 11 is 3.75. The zero-order chi connectivity index (χ0) is 38.4. The van der Waals surface area contributed by atoms with Crippen LogP contribution in [0.2, 0.25) is 0 Å². The lowest BCUT2D eigenvalue weighted by Gasteiger charge is -2.11. The molecule has 0 fully saturated rings. The van der Waals surface area contributed by atoms with Crippen LogP contribution in [-0.4, -0.2) is 9.97 Å². The molecule has 2 nitrogen and oxygen atoms in total. The first-order valence-electron chi connectivity index (χ1n) is 19.5. The largest absolute Gasteiger partial charge is 0.248 e. The van der Waals surface area contributed by atoms with Crippen molar-refractivity contribution in [3.63, 3.8) is 0 Å². The fraction of sp³-hybridized carbons (Fsp3) is 0. The van der Waals surface area contributed by atoms with Gasteiger partial charge in [-0.25, -0.2) is 9.97 Å². The summed E-state index contributed by atoms with van der Waals surface area (Å²) in [5.74, 6) is 0. The van der Waals surface area contributed by atoms with Gasteiger partial charge in [-0.3, -0.25) is 0 Å². The number of aromatic nitrogens is 2. The average molecular weight is 775 g/mol. The van der Waals surface area contributed by atoms with Crippen molar-refractivity contribution in [1.82, 2.24) is 9.97 Å². The maximum Gasteiger partial charge on any atom is 0.0715 e. The predicted molar refractivity (Wildman–Crippen MR) is 248 cm³/mol. The number of hydrogen-bond acceptors (Lipinski definition) is 4. The smallest absolute Gasteiger partial charge is 0.0715 e. The Hall–Kier alpha value is -6.98. The number of nitrogens with zero attached hydrogens (tertiary/aromatic N) is 2. The molecule has 0 spiro atoms. The topological polar surface area (TPSA) is 25.8 Å². The summed E-state index contributed by atoms with van der Waals surface area (Å²) in [6, 6.07) is 73.7. The van der Waals surface area contributed by atoms with E-state index in [1.807, 2.05) is 34.8 Å². The first kappa shape index (κ1) is 34.3. The van der Waals surface area contributed by atoms with Crippen molar-refractivity contribution < 1.29 is 0 Å². The standard InChI is InChI=1S/C54H34N2S2/c1-5-13-36(14-6-1)47-29-43(30-48(55-47)37-15-7-2-8-16-37)35-21-23-40(24-22-35)51-33-41-25-27-46-45(53(41)57-51)28-26-42-34-52(58-54(42)46)44-31-49(38-17-9-3-10-18-38)56-50(32-44)39-19-11-4-12-20-39/h1-34H. The highest BCUT2D eigenvalue weighted by molar-refractivity contribution is 7.24. The van der Waals surface area contributed by atoms with Crippen LogP contribution < -0.4 is 0 Å². The number of benzene rings is 7. The van der Waals surface area contributed by atoms with Gasteiger partial charge in [0.15, 0.2) is 0 Å². The van der Waals surface area contributed by atoms with Gasteiger partial charge in [0.25, 0.3) is 0 Å². The van der Waals surface area contributed by atoms with Crippen LogP contribution in [0.25, 0.3) is 108 Å². The molecule has 0 saturated carbocycles. The summed E-state index contributed by atoms with van der Waals surface area (Å²) in [5, 5.41) is 5.14. The molecule has 0 aliphatic heterocycles. The molecule has 0 bridgehead atoms. The van der Waals surface area contributed by atoms with E-state index in [2.05, 4.69) is 194 Å². The highest BCUT2D eigenvalue weighted by atomic mass is 32.1. The summed E-state index contributed by atoms with van der Waals surface area (Å²) in [6.07, 6.45) is 0. The van der Waals surface area contributed by atoms with Crippen molar-refractivity contribution in [3.8, 4) is 77.0 Å². The van der Waals surface area contributed by atoms with Gasteiger partial charge in [0.1, 0.15) is 0 Å². The van der Waals surface area contributed by atoms with E-state index >= 15 is 0 Å². The predicted octanol–water partition coefficient (Wildman–Crippen LogP) is 15.7. The van der Waals surface area contributed by atoms with Gasteiger partial charge in [0.05, 0.1) is 22.8 Å². The van der Waals surface area contributed by atoms with E-state index in [4.69, 9.17) is 9.97 Å². The van der Waals surface area contributed by atoms with E-state index < -0.39 is 0 Å². The molecule has 4 heterocycles. The lowest BCUT2D eigenvalue weighted by atomic mass is 9.99. The van der Waals surface area contributed by atoms with Gasteiger partial charge in [-0.05, 0) is 69.4 Å². The van der Waals surface area contributed by atoms with Crippen LogP contribution in [0.4, 0.5) is 0 Å². The molecule has 11 aromatic rings. The van der Waals surface area contributed by atoms with Crippen LogP contribution in [0.1, 0.15) is 0 Å². The molecule has 0 radical (unpaired) electrons. The third-order valence-electron chi connectivity index (χ3n) is 10.9. The van der Waals surface area contributed by atoms with E-state index in [-0.39, 0.29) is 0 Å². The molecule has 0 N–H and O–H groups in total. The monoisotopic (exact) mass is 774 g/mol. The van der Waals surface area contributed by atoms with E-state index in [0.29, 0.717) is 0 Å². The van der Waals surface area contributed by atoms with Gasteiger partial charge >= 0.3 is 0 Å². The lowest BCUT2D eigenvalue weighted by molar-refractivity contribution is 1.32. The first-order chi connectivity index (χ1) is 28.7. The van der Waals surface area contributed by atoms with Gasteiger partial charge < -0.3 is 0 Å². The van der Waals surface area contributed by atoms with E-state index in [9.17, 15) is 0 Å². The summed E-state index contributed by atoms with van der Waals surface area (Å²) in [5.41, 5.74) is 13.1. The Kier molecular flexibility index (Phi) is 8.58. The Morgan fingerprint density at radius 3 is 1.00 bits per heavy atom. The van der Waals surface area contributed by atoms with Crippen LogP contribution in [0.5, 0.6) is 0 Å². The number of thiophene rings is 2. The van der Waals surface area contributed by atoms with Crippen molar-refractivity contribution in [2.24, 2.45) is 0 Å². The molecular formula is C54H34N2S2. The molecule has 4 aromatic heterocycles. The Morgan fingerprint density at radius 2 is 0.603 bits per heavy atom. The second kappa shape index (κ2) is 14.5. The van der Waals surface area contributed by atoms with Gasteiger partial charge in [-0.1, -0.05) is 170 Å². The summed E-state index contributed by atoms with van der Waals surface area (Å²) in [6.45, 7) is 0. The second-order valence-corrected chi connectivity index (χ2v) is 16.7. The molecule has 0 aliphatic carbocycles. The number of rotatable bonds is 7. The van der Waals surface area contributed by atoms with Crippen molar-refractivity contribution in [1.29, 1.82) is 0 Å². The van der Waals surface area contributed by atoms with Crippen molar-refractivity contribution >= 4 is 53.6 Å². The summed E-state index contributed by atoms with van der Waals surface area (Å²) in [7, 11) is 0. The Labute approximate surface area is 345 Å². The molecule has 272 valence electrons. The Morgan fingerprint density at radius 1 is 0.259 bits per heavy atom. The van der Waals surface area contributed by atoms with E-state index in [0.717, 1.165) is 50.6 Å². The third-order valence-corrected chi connectivity index (χ3v) is 13.3. The minimum atomic E-state index is 0.971. The molecule has 11 rings (SSSR count). The fourth-order valence-electron chi connectivity index (χ4n) is 7.91. The molecular weight excluding hydrogens is 741 g/mol. The molecule has 0 atom stereocenters. The van der Waals surface area contributed by atoms with Gasteiger partial charge in [0, 0.05) is 52.2 Å². The summed E-state index contributed by atoms with van der Waals surface area (Å²) < 4.78 is 2.64. The van der Waals surface area contributed by atoms with Crippen molar-refractivity contribution in [2.75, 3.05) is 0 Å². The van der Waals surface area contributed by atoms with Crippen LogP contribution in [-0.2, 0) is 0 Å². The third kappa shape index (κ3) is 6.39. The molecule has 58 heavy (non-hydrogen) atoms. The number of hydrogen-bond donors (Lipinski definition) is 0. The van der Waals surface area contributed by atoms with Gasteiger partial charge in [-0.15, -0.1) is 22.7 Å². The van der Waals surface area contributed by atoms with Gasteiger partial charge in [0.2, 0.25) is 0 Å². The molecule has 0 saturated heterocycles. The number of fused-ring (bicyclic) bond motifs is 5. The minimum absolute atomic E-state index is 0.971. The highest BCUT2D eigenvalue weighted by Crippen LogP contribution is 2.44. The molecule has 0 unspecified atom stereocenters. The van der Waals surface area contributed by atoms with Crippen LogP contribution in [0, 0.1) is 0 Å². The van der Waals surface area contributed by atoms with Crippen molar-refractivity contribution in [3.05, 3.63) is 206 Å². The SMILES string of the molecule is c1ccc(-c2cc(-c3ccc(-c4cc5ccc6c(ccc7cc(-c8cc(-c9ccccc9)nc(-c9ccccc9)c8)sc76)c5s4)cc3)cc(-c3ccccc3)n2)cc1. The first-order valence-corrected chi connectivity index (χ1v) is 21.1. The normalized spacial score (nSPS) is 11.4. The Balaban J connectivity index is 0.955. The van der Waals surface area contributed by atoms with Crippen molar-refractivity contribution in [2.45, 2.75) is 0 Å². The molecule has 7 aromatic carbocycles. The zero-order valence-electron chi connectivity index (χ0n) is 31.3. The molecule has 0 amide bonds. The van der Waals surface area contributed by atoms with E-state index in [1.54, 1.807) is 0 Å². The quantitative estimate of drug-likeness (QED) is 0.161. The van der Waals surface area contributed by atoms with Crippen LogP contribution in [0.15, 0.2) is 206 Å². The average Bonchev–Trinajstić information content (AvgIpc) is 3.96. The maximum atomic E-state index is 5.12. The minimum Gasteiger partial charge on any atom is -0.248 e. The van der Waals surface area contributed by atoms with Gasteiger partial charge in [-0.2, -0.15) is 0 Å². The second-order valence-electron chi connectivity index (χ2n) is 14.6. The molecule has 4 heteroatoms. The zero-order valence-corrected chi connectivity index (χ0v) is 33.0. The van der Waals surface area contributed by atoms with Crippen LogP contribution in [0.3, 0.4) is 0 Å². The lowest BCUT2D eigenvalue weighted by Crippen LogP contribution is -1.91. The highest BCUT2D eigenvalue weighted by Gasteiger charge is 2.16. The molecule has 0 aliphatic rings. The Bertz CT molecular complexity index is 3130. The van der Waals surface area contributed by atoms with E-state index in [1.165, 1.54) is 57.4 Å². The maximum absolute atomic E-state index is 5.12. The summed E-state index contributed by atoms with van der Waals surface area (Å²) in [4.78, 5) is 12.7. The number of pyridine rings is 2.